The summed E-state index contributed by atoms with van der Waals surface area (Å²) in [4.78, 5) is 13.0. The SMILES string of the molecule is CN(Cc1ccccc1)CC(C)(C)C=O. The van der Waals surface area contributed by atoms with Crippen LogP contribution in [0, 0.1) is 5.41 Å². The van der Waals surface area contributed by atoms with Gasteiger partial charge >= 0.3 is 0 Å². The first-order valence-electron chi connectivity index (χ1n) is 5.22. The van der Waals surface area contributed by atoms with E-state index >= 15 is 0 Å². The van der Waals surface area contributed by atoms with E-state index in [1.165, 1.54) is 5.56 Å². The maximum Gasteiger partial charge on any atom is 0.126 e. The van der Waals surface area contributed by atoms with Crippen molar-refractivity contribution in [1.82, 2.24) is 4.90 Å². The highest BCUT2D eigenvalue weighted by Gasteiger charge is 2.18. The van der Waals surface area contributed by atoms with E-state index in [1.807, 2.05) is 39.1 Å². The maximum absolute atomic E-state index is 10.8. The van der Waals surface area contributed by atoms with Gasteiger partial charge in [-0.05, 0) is 12.6 Å². The molecule has 0 N–H and O–H groups in total. The van der Waals surface area contributed by atoms with Gasteiger partial charge < -0.3 is 9.69 Å². The van der Waals surface area contributed by atoms with E-state index < -0.39 is 0 Å². The van der Waals surface area contributed by atoms with Crippen LogP contribution in [0.1, 0.15) is 19.4 Å². The molecule has 2 heteroatoms. The largest absolute Gasteiger partial charge is 0.303 e. The summed E-state index contributed by atoms with van der Waals surface area (Å²) in [6.07, 6.45) is 1.02. The zero-order valence-corrected chi connectivity index (χ0v) is 9.73. The van der Waals surface area contributed by atoms with Gasteiger partial charge in [0, 0.05) is 18.5 Å². The number of rotatable bonds is 5. The van der Waals surface area contributed by atoms with Gasteiger partial charge in [-0.2, -0.15) is 0 Å². The number of aldehydes is 1. The van der Waals surface area contributed by atoms with E-state index in [9.17, 15) is 4.79 Å². The number of benzene rings is 1. The molecule has 0 aliphatic rings. The van der Waals surface area contributed by atoms with Crippen molar-refractivity contribution in [1.29, 1.82) is 0 Å². The van der Waals surface area contributed by atoms with Crippen molar-refractivity contribution in [2.45, 2.75) is 20.4 Å². The van der Waals surface area contributed by atoms with E-state index in [0.717, 1.165) is 19.4 Å². The highest BCUT2D eigenvalue weighted by atomic mass is 16.1. The zero-order chi connectivity index (χ0) is 11.3. The lowest BCUT2D eigenvalue weighted by Crippen LogP contribution is -2.32. The van der Waals surface area contributed by atoms with Crippen molar-refractivity contribution in [3.63, 3.8) is 0 Å². The van der Waals surface area contributed by atoms with Crippen LogP contribution >= 0.6 is 0 Å². The van der Waals surface area contributed by atoms with Gasteiger partial charge in [-0.3, -0.25) is 0 Å². The van der Waals surface area contributed by atoms with E-state index in [1.54, 1.807) is 0 Å². The standard InChI is InChI=1S/C13H19NO/c1-13(2,11-15)10-14(3)9-12-7-5-4-6-8-12/h4-8,11H,9-10H2,1-3H3. The van der Waals surface area contributed by atoms with Gasteiger partial charge in [-0.15, -0.1) is 0 Å². The van der Waals surface area contributed by atoms with Gasteiger partial charge in [0.05, 0.1) is 0 Å². The minimum Gasteiger partial charge on any atom is -0.303 e. The molecule has 0 radical (unpaired) electrons. The minimum atomic E-state index is -0.260. The van der Waals surface area contributed by atoms with Crippen LogP contribution in [0.4, 0.5) is 0 Å². The quantitative estimate of drug-likeness (QED) is 0.688. The summed E-state index contributed by atoms with van der Waals surface area (Å²) in [5, 5.41) is 0. The van der Waals surface area contributed by atoms with Crippen LogP contribution in [0.2, 0.25) is 0 Å². The molecule has 0 atom stereocenters. The number of carbonyl (C=O) groups excluding carboxylic acids is 1. The Hall–Kier alpha value is -1.15. The molecule has 0 fully saturated rings. The van der Waals surface area contributed by atoms with Crippen molar-refractivity contribution in [2.75, 3.05) is 13.6 Å². The van der Waals surface area contributed by atoms with E-state index in [4.69, 9.17) is 0 Å². The van der Waals surface area contributed by atoms with Crippen molar-refractivity contribution in [2.24, 2.45) is 5.41 Å². The summed E-state index contributed by atoms with van der Waals surface area (Å²) < 4.78 is 0. The molecule has 0 unspecified atom stereocenters. The van der Waals surface area contributed by atoms with Crippen LogP contribution in [-0.4, -0.2) is 24.8 Å². The van der Waals surface area contributed by atoms with Crippen LogP contribution < -0.4 is 0 Å². The van der Waals surface area contributed by atoms with Crippen molar-refractivity contribution in [3.8, 4) is 0 Å². The highest BCUT2D eigenvalue weighted by molar-refractivity contribution is 5.58. The molecule has 0 bridgehead atoms. The van der Waals surface area contributed by atoms with E-state index in [0.29, 0.717) is 0 Å². The first-order chi connectivity index (χ1) is 7.03. The number of hydrogen-bond donors (Lipinski definition) is 0. The molecule has 0 aromatic heterocycles. The van der Waals surface area contributed by atoms with Gasteiger partial charge in [0.2, 0.25) is 0 Å². The lowest BCUT2D eigenvalue weighted by atomic mass is 9.95. The molecule has 0 aliphatic carbocycles. The second kappa shape index (κ2) is 5.08. The Labute approximate surface area is 91.9 Å². The Balaban J connectivity index is 2.50. The fourth-order valence-corrected chi connectivity index (χ4v) is 1.68. The Bertz CT molecular complexity index is 306. The molecule has 0 spiro atoms. The fraction of sp³-hybridized carbons (Fsp3) is 0.462. The molecule has 15 heavy (non-hydrogen) atoms. The average molecular weight is 205 g/mol. The molecule has 1 aromatic carbocycles. The van der Waals surface area contributed by atoms with Crippen LogP contribution in [0.5, 0.6) is 0 Å². The average Bonchev–Trinajstić information content (AvgIpc) is 2.18. The zero-order valence-electron chi connectivity index (χ0n) is 9.73. The Kier molecular flexibility index (Phi) is 4.04. The molecule has 0 aliphatic heterocycles. The molecule has 2 nitrogen and oxygen atoms in total. The van der Waals surface area contributed by atoms with Gasteiger partial charge in [0.1, 0.15) is 6.29 Å². The first kappa shape index (κ1) is 11.9. The summed E-state index contributed by atoms with van der Waals surface area (Å²) in [5.41, 5.74) is 1.02. The predicted molar refractivity (Wildman–Crippen MR) is 62.6 cm³/mol. The summed E-state index contributed by atoms with van der Waals surface area (Å²) >= 11 is 0. The molecule has 0 saturated carbocycles. The van der Waals surface area contributed by atoms with Crippen LogP contribution in [-0.2, 0) is 11.3 Å². The van der Waals surface area contributed by atoms with Crippen molar-refractivity contribution >= 4 is 6.29 Å². The summed E-state index contributed by atoms with van der Waals surface area (Å²) in [6.45, 7) is 5.59. The number of hydrogen-bond acceptors (Lipinski definition) is 2. The maximum atomic E-state index is 10.8. The molecule has 0 heterocycles. The van der Waals surface area contributed by atoms with E-state index in [2.05, 4.69) is 17.0 Å². The molecule has 0 saturated heterocycles. The van der Waals surface area contributed by atoms with Gasteiger partial charge in [0.15, 0.2) is 0 Å². The summed E-state index contributed by atoms with van der Waals surface area (Å²) in [7, 11) is 2.04. The van der Waals surface area contributed by atoms with Crippen LogP contribution in [0.15, 0.2) is 30.3 Å². The van der Waals surface area contributed by atoms with Gasteiger partial charge in [0.25, 0.3) is 0 Å². The fourth-order valence-electron chi connectivity index (χ4n) is 1.68. The van der Waals surface area contributed by atoms with Crippen molar-refractivity contribution < 1.29 is 4.79 Å². The Morgan fingerprint density at radius 1 is 1.27 bits per heavy atom. The summed E-state index contributed by atoms with van der Waals surface area (Å²) in [6, 6.07) is 10.3. The number of nitrogens with zero attached hydrogens (tertiary/aromatic N) is 1. The lowest BCUT2D eigenvalue weighted by molar-refractivity contribution is -0.115. The molecule has 1 aromatic rings. The van der Waals surface area contributed by atoms with Crippen molar-refractivity contribution in [3.05, 3.63) is 35.9 Å². The monoisotopic (exact) mass is 205 g/mol. The molecule has 1 rings (SSSR count). The smallest absolute Gasteiger partial charge is 0.126 e. The first-order valence-corrected chi connectivity index (χ1v) is 5.22. The van der Waals surface area contributed by atoms with Gasteiger partial charge in [-0.1, -0.05) is 44.2 Å². The minimum absolute atomic E-state index is 0.260. The van der Waals surface area contributed by atoms with Crippen LogP contribution in [0.3, 0.4) is 0 Å². The Morgan fingerprint density at radius 3 is 2.40 bits per heavy atom. The third-order valence-corrected chi connectivity index (χ3v) is 2.29. The normalized spacial score (nSPS) is 11.7. The van der Waals surface area contributed by atoms with Crippen LogP contribution in [0.25, 0.3) is 0 Å². The lowest BCUT2D eigenvalue weighted by Gasteiger charge is -2.25. The number of carbonyl (C=O) groups is 1. The predicted octanol–water partition coefficient (Wildman–Crippen LogP) is 2.34. The Morgan fingerprint density at radius 2 is 1.87 bits per heavy atom. The third kappa shape index (κ3) is 4.26. The topological polar surface area (TPSA) is 20.3 Å². The second-order valence-electron chi connectivity index (χ2n) is 4.76. The molecule has 0 amide bonds. The van der Waals surface area contributed by atoms with E-state index in [-0.39, 0.29) is 5.41 Å². The molecular formula is C13H19NO. The molecular weight excluding hydrogens is 186 g/mol. The second-order valence-corrected chi connectivity index (χ2v) is 4.76. The third-order valence-electron chi connectivity index (χ3n) is 2.29. The highest BCUT2D eigenvalue weighted by Crippen LogP contribution is 2.14. The van der Waals surface area contributed by atoms with Gasteiger partial charge in [-0.25, -0.2) is 0 Å². The summed E-state index contributed by atoms with van der Waals surface area (Å²) in [5.74, 6) is 0. The molecule has 82 valence electrons.